The molecule has 82 valence electrons. The summed E-state index contributed by atoms with van der Waals surface area (Å²) in [5, 5.41) is 13.6. The van der Waals surface area contributed by atoms with Crippen molar-refractivity contribution >= 4 is 11.4 Å². The molecular weight excluding hydrogens is 196 g/mol. The lowest BCUT2D eigenvalue weighted by Gasteiger charge is -2.11. The van der Waals surface area contributed by atoms with Crippen molar-refractivity contribution in [1.82, 2.24) is 0 Å². The van der Waals surface area contributed by atoms with Crippen LogP contribution in [0.5, 0.6) is 0 Å². The Bertz CT molecular complexity index is 341. The Hall–Kier alpha value is -1.62. The summed E-state index contributed by atoms with van der Waals surface area (Å²) in [6, 6.07) is 6.40. The summed E-state index contributed by atoms with van der Waals surface area (Å²) in [4.78, 5) is 10.1. The van der Waals surface area contributed by atoms with Crippen molar-refractivity contribution < 1.29 is 9.66 Å². The average Bonchev–Trinajstić information content (AvgIpc) is 2.26. The molecule has 0 spiro atoms. The molecule has 0 aliphatic heterocycles. The van der Waals surface area contributed by atoms with E-state index in [1.165, 1.54) is 12.1 Å². The fraction of sp³-hybridized carbons (Fsp3) is 0.400. The van der Waals surface area contributed by atoms with Crippen LogP contribution in [0.25, 0.3) is 0 Å². The van der Waals surface area contributed by atoms with Gasteiger partial charge in [-0.1, -0.05) is 6.07 Å². The van der Waals surface area contributed by atoms with Gasteiger partial charge in [0.25, 0.3) is 5.69 Å². The number of ether oxygens (including phenoxy) is 1. The normalized spacial score (nSPS) is 12.1. The lowest BCUT2D eigenvalue weighted by molar-refractivity contribution is -0.384. The van der Waals surface area contributed by atoms with Crippen LogP contribution < -0.4 is 5.32 Å². The van der Waals surface area contributed by atoms with Crippen LogP contribution in [0.1, 0.15) is 6.92 Å². The Morgan fingerprint density at radius 1 is 1.60 bits per heavy atom. The third kappa shape index (κ3) is 3.55. The first kappa shape index (κ1) is 11.5. The number of rotatable bonds is 5. The van der Waals surface area contributed by atoms with Crippen LogP contribution in [0.15, 0.2) is 24.3 Å². The second kappa shape index (κ2) is 5.31. The quantitative estimate of drug-likeness (QED) is 0.596. The fourth-order valence-electron chi connectivity index (χ4n) is 1.07. The van der Waals surface area contributed by atoms with E-state index in [9.17, 15) is 10.1 Å². The number of non-ortho nitro benzene ring substituents is 1. The minimum Gasteiger partial charge on any atom is -0.382 e. The molecule has 0 bridgehead atoms. The number of hydrogen-bond acceptors (Lipinski definition) is 4. The number of benzene rings is 1. The highest BCUT2D eigenvalue weighted by Crippen LogP contribution is 2.16. The molecule has 5 heteroatoms. The van der Waals surface area contributed by atoms with Gasteiger partial charge in [0.1, 0.15) is 0 Å². The smallest absolute Gasteiger partial charge is 0.271 e. The van der Waals surface area contributed by atoms with E-state index in [-0.39, 0.29) is 11.8 Å². The third-order valence-electron chi connectivity index (χ3n) is 2.05. The SMILES string of the molecule is COC(C)CNc1cccc([N+](=O)[O-])c1. The van der Waals surface area contributed by atoms with E-state index in [2.05, 4.69) is 5.32 Å². The van der Waals surface area contributed by atoms with Crippen molar-refractivity contribution in [2.75, 3.05) is 19.0 Å². The van der Waals surface area contributed by atoms with Crippen LogP contribution in [0.4, 0.5) is 11.4 Å². The summed E-state index contributed by atoms with van der Waals surface area (Å²) in [5.41, 5.74) is 0.818. The molecule has 0 aliphatic carbocycles. The maximum absolute atomic E-state index is 10.5. The number of methoxy groups -OCH3 is 1. The lowest BCUT2D eigenvalue weighted by atomic mass is 10.2. The van der Waals surface area contributed by atoms with Gasteiger partial charge in [-0.2, -0.15) is 0 Å². The Labute approximate surface area is 88.2 Å². The minimum atomic E-state index is -0.412. The molecule has 15 heavy (non-hydrogen) atoms. The number of hydrogen-bond donors (Lipinski definition) is 1. The number of anilines is 1. The molecule has 1 aromatic rings. The molecule has 1 unspecified atom stereocenters. The Kier molecular flexibility index (Phi) is 4.05. The van der Waals surface area contributed by atoms with Crippen molar-refractivity contribution in [2.45, 2.75) is 13.0 Å². The van der Waals surface area contributed by atoms with Crippen molar-refractivity contribution in [3.05, 3.63) is 34.4 Å². The van der Waals surface area contributed by atoms with Crippen LogP contribution in [-0.4, -0.2) is 24.7 Å². The van der Waals surface area contributed by atoms with Gasteiger partial charge in [0.15, 0.2) is 0 Å². The number of nitro groups is 1. The molecule has 0 radical (unpaired) electrons. The Balaban J connectivity index is 2.62. The third-order valence-corrected chi connectivity index (χ3v) is 2.05. The van der Waals surface area contributed by atoms with Gasteiger partial charge in [0.2, 0.25) is 0 Å². The molecule has 1 N–H and O–H groups in total. The van der Waals surface area contributed by atoms with E-state index in [4.69, 9.17) is 4.74 Å². The summed E-state index contributed by atoms with van der Waals surface area (Å²) < 4.78 is 5.05. The second-order valence-electron chi connectivity index (χ2n) is 3.23. The number of nitrogens with one attached hydrogen (secondary N) is 1. The summed E-state index contributed by atoms with van der Waals surface area (Å²) in [5.74, 6) is 0. The Morgan fingerprint density at radius 2 is 2.33 bits per heavy atom. The first-order valence-electron chi connectivity index (χ1n) is 4.64. The molecule has 1 aromatic carbocycles. The molecule has 0 heterocycles. The number of nitro benzene ring substituents is 1. The van der Waals surface area contributed by atoms with Crippen LogP contribution in [0.3, 0.4) is 0 Å². The molecule has 1 atom stereocenters. The zero-order chi connectivity index (χ0) is 11.3. The molecule has 0 saturated heterocycles. The van der Waals surface area contributed by atoms with E-state index in [1.54, 1.807) is 19.2 Å². The largest absolute Gasteiger partial charge is 0.382 e. The van der Waals surface area contributed by atoms with Crippen molar-refractivity contribution in [3.63, 3.8) is 0 Å². The number of nitrogens with zero attached hydrogens (tertiary/aromatic N) is 1. The van der Waals surface area contributed by atoms with Crippen molar-refractivity contribution in [1.29, 1.82) is 0 Å². The average molecular weight is 210 g/mol. The van der Waals surface area contributed by atoms with Crippen LogP contribution >= 0.6 is 0 Å². The molecule has 1 rings (SSSR count). The van der Waals surface area contributed by atoms with Gasteiger partial charge in [-0.25, -0.2) is 0 Å². The predicted octanol–water partition coefficient (Wildman–Crippen LogP) is 2.04. The summed E-state index contributed by atoms with van der Waals surface area (Å²) in [6.45, 7) is 2.54. The van der Waals surface area contributed by atoms with Gasteiger partial charge in [0.05, 0.1) is 11.0 Å². The standard InChI is InChI=1S/C10H14N2O3/c1-8(15-2)7-11-9-4-3-5-10(6-9)12(13)14/h3-6,8,11H,7H2,1-2H3. The van der Waals surface area contributed by atoms with Gasteiger partial charge < -0.3 is 10.1 Å². The minimum absolute atomic E-state index is 0.0734. The van der Waals surface area contributed by atoms with E-state index >= 15 is 0 Å². The highest BCUT2D eigenvalue weighted by atomic mass is 16.6. The van der Waals surface area contributed by atoms with E-state index in [1.807, 2.05) is 6.92 Å². The fourth-order valence-corrected chi connectivity index (χ4v) is 1.07. The van der Waals surface area contributed by atoms with E-state index in [0.29, 0.717) is 6.54 Å². The molecule has 0 aromatic heterocycles. The zero-order valence-corrected chi connectivity index (χ0v) is 8.77. The van der Waals surface area contributed by atoms with Gasteiger partial charge in [-0.15, -0.1) is 0 Å². The van der Waals surface area contributed by atoms with Crippen molar-refractivity contribution in [3.8, 4) is 0 Å². The Morgan fingerprint density at radius 3 is 2.93 bits per heavy atom. The van der Waals surface area contributed by atoms with Crippen LogP contribution in [0.2, 0.25) is 0 Å². The van der Waals surface area contributed by atoms with Crippen LogP contribution in [-0.2, 0) is 4.74 Å². The van der Waals surface area contributed by atoms with Gasteiger partial charge in [-0.3, -0.25) is 10.1 Å². The molecule has 0 saturated carbocycles. The molecule has 0 aliphatic rings. The van der Waals surface area contributed by atoms with Crippen LogP contribution in [0, 0.1) is 10.1 Å². The molecular formula is C10H14N2O3. The summed E-state index contributed by atoms with van der Waals surface area (Å²) in [6.07, 6.45) is 0.0734. The van der Waals surface area contributed by atoms with Gasteiger partial charge in [-0.05, 0) is 13.0 Å². The molecule has 0 amide bonds. The highest BCUT2D eigenvalue weighted by molar-refractivity contribution is 5.50. The first-order chi connectivity index (χ1) is 7.13. The zero-order valence-electron chi connectivity index (χ0n) is 8.77. The van der Waals surface area contributed by atoms with E-state index in [0.717, 1.165) is 5.69 Å². The predicted molar refractivity (Wildman–Crippen MR) is 58.1 cm³/mol. The monoisotopic (exact) mass is 210 g/mol. The molecule has 0 fully saturated rings. The van der Waals surface area contributed by atoms with Crippen molar-refractivity contribution in [2.24, 2.45) is 0 Å². The van der Waals surface area contributed by atoms with Gasteiger partial charge in [0, 0.05) is 31.5 Å². The topological polar surface area (TPSA) is 64.4 Å². The van der Waals surface area contributed by atoms with Gasteiger partial charge >= 0.3 is 0 Å². The maximum atomic E-state index is 10.5. The first-order valence-corrected chi connectivity index (χ1v) is 4.64. The maximum Gasteiger partial charge on any atom is 0.271 e. The molecule has 5 nitrogen and oxygen atoms in total. The van der Waals surface area contributed by atoms with E-state index < -0.39 is 4.92 Å². The summed E-state index contributed by atoms with van der Waals surface area (Å²) >= 11 is 0. The highest BCUT2D eigenvalue weighted by Gasteiger charge is 2.05. The lowest BCUT2D eigenvalue weighted by Crippen LogP contribution is -2.17. The summed E-state index contributed by atoms with van der Waals surface area (Å²) in [7, 11) is 1.62. The second-order valence-corrected chi connectivity index (χ2v) is 3.23.